The molecule has 0 aliphatic carbocycles. The van der Waals surface area contributed by atoms with Crippen molar-refractivity contribution in [3.63, 3.8) is 0 Å². The molecule has 10 nitrogen and oxygen atoms in total. The lowest BCUT2D eigenvalue weighted by Crippen LogP contribution is -2.24. The van der Waals surface area contributed by atoms with Gasteiger partial charge in [0.05, 0.1) is 31.3 Å². The molecule has 0 aliphatic rings. The second-order valence-corrected chi connectivity index (χ2v) is 10.5. The van der Waals surface area contributed by atoms with Crippen LogP contribution in [-0.4, -0.2) is 57.1 Å². The first-order valence-corrected chi connectivity index (χ1v) is 13.9. The maximum absolute atomic E-state index is 11.4. The molecule has 0 spiro atoms. The van der Waals surface area contributed by atoms with Crippen LogP contribution in [-0.2, 0) is 27.8 Å². The summed E-state index contributed by atoms with van der Waals surface area (Å²) in [5, 5.41) is 23.4. The lowest BCUT2D eigenvalue weighted by molar-refractivity contribution is 0.0887. The maximum atomic E-state index is 11.4. The molecule has 3 aromatic rings. The van der Waals surface area contributed by atoms with Crippen LogP contribution >= 0.6 is 0 Å². The van der Waals surface area contributed by atoms with Crippen LogP contribution in [0.25, 0.3) is 0 Å². The van der Waals surface area contributed by atoms with Crippen LogP contribution in [0.5, 0.6) is 11.5 Å². The summed E-state index contributed by atoms with van der Waals surface area (Å²) < 4.78 is 36.4. The lowest BCUT2D eigenvalue weighted by atomic mass is 10.1. The Labute approximate surface area is 222 Å². The van der Waals surface area contributed by atoms with Crippen LogP contribution in [0.4, 0.5) is 5.69 Å². The number of primary amides is 1. The predicted molar refractivity (Wildman–Crippen MR) is 145 cm³/mol. The van der Waals surface area contributed by atoms with Crippen LogP contribution in [0.1, 0.15) is 33.2 Å². The van der Waals surface area contributed by atoms with Gasteiger partial charge in [-0.3, -0.25) is 9.52 Å². The number of sulfonamides is 1. The molecule has 38 heavy (non-hydrogen) atoms. The molecule has 0 aliphatic heterocycles. The van der Waals surface area contributed by atoms with E-state index in [1.54, 1.807) is 24.3 Å². The summed E-state index contributed by atoms with van der Waals surface area (Å²) >= 11 is 0. The number of aromatic hydroxyl groups is 1. The van der Waals surface area contributed by atoms with Gasteiger partial charge in [0.15, 0.2) is 0 Å². The Hall–Kier alpha value is -3.64. The Morgan fingerprint density at radius 1 is 1.03 bits per heavy atom. The molecular formula is C27H33N3O7S. The number of anilines is 1. The number of nitrogens with two attached hydrogens (primary N) is 1. The number of nitrogens with one attached hydrogen (secondary N) is 2. The summed E-state index contributed by atoms with van der Waals surface area (Å²) in [6.45, 7) is 2.01. The van der Waals surface area contributed by atoms with E-state index in [-0.39, 0.29) is 18.0 Å². The van der Waals surface area contributed by atoms with Crippen molar-refractivity contribution < 1.29 is 32.9 Å². The summed E-state index contributed by atoms with van der Waals surface area (Å²) in [5.74, 6) is 0.0369. The second-order valence-electron chi connectivity index (χ2n) is 8.73. The summed E-state index contributed by atoms with van der Waals surface area (Å²) in [5.41, 5.74) is 8.19. The largest absolute Gasteiger partial charge is 0.506 e. The summed E-state index contributed by atoms with van der Waals surface area (Å²) in [4.78, 5) is 11.2. The summed E-state index contributed by atoms with van der Waals surface area (Å²) in [7, 11) is -3.55. The molecule has 0 unspecified atom stereocenters. The average Bonchev–Trinajstić information content (AvgIpc) is 2.87. The molecule has 204 valence electrons. The molecule has 1 amide bonds. The first kappa shape index (κ1) is 28.9. The van der Waals surface area contributed by atoms with Crippen molar-refractivity contribution in [3.8, 4) is 11.5 Å². The van der Waals surface area contributed by atoms with Crippen molar-refractivity contribution >= 4 is 21.6 Å². The molecule has 6 N–H and O–H groups in total. The minimum Gasteiger partial charge on any atom is -0.506 e. The molecule has 0 bridgehead atoms. The zero-order valence-electron chi connectivity index (χ0n) is 21.1. The number of aliphatic hydroxyl groups is 1. The highest BCUT2D eigenvalue weighted by atomic mass is 32.2. The number of rotatable bonds is 15. The Bertz CT molecular complexity index is 1310. The fraction of sp³-hybridized carbons (Fsp3) is 0.296. The van der Waals surface area contributed by atoms with Crippen LogP contribution < -0.4 is 20.5 Å². The number of carbonyl (C=O) groups excluding carboxylic acids is 1. The van der Waals surface area contributed by atoms with Gasteiger partial charge in [0, 0.05) is 12.1 Å². The highest BCUT2D eigenvalue weighted by molar-refractivity contribution is 7.92. The Kier molecular flexibility index (Phi) is 10.5. The number of hydrogen-bond donors (Lipinski definition) is 5. The number of carbonyl (C=O) groups is 1. The molecule has 1 atom stereocenters. The van der Waals surface area contributed by atoms with Crippen molar-refractivity contribution in [1.82, 2.24) is 5.32 Å². The normalized spacial score (nSPS) is 12.2. The van der Waals surface area contributed by atoms with E-state index in [0.29, 0.717) is 37.5 Å². The molecular weight excluding hydrogens is 510 g/mol. The number of phenols is 1. The smallest absolute Gasteiger partial charge is 0.248 e. The summed E-state index contributed by atoms with van der Waals surface area (Å²) in [6, 6.07) is 19.0. The standard InChI is InChI=1S/C27H33N3O7S/c1-38(34,35)30-24-16-21(7-10-25(24)31)26(32)17-29-12-11-19-5-8-23(9-6-19)37-14-13-36-18-20-3-2-4-22(15-20)27(28)33/h2-10,15-16,26,29-32H,11-14,17-18H2,1H3,(H2,28,33)/t26-/m1/s1. The second kappa shape index (κ2) is 13.8. The fourth-order valence-electron chi connectivity index (χ4n) is 3.61. The molecule has 0 saturated carbocycles. The minimum absolute atomic E-state index is 0.0212. The van der Waals surface area contributed by atoms with E-state index in [0.717, 1.165) is 29.6 Å². The van der Waals surface area contributed by atoms with E-state index in [1.807, 2.05) is 30.3 Å². The number of ether oxygens (including phenoxy) is 2. The van der Waals surface area contributed by atoms with Crippen molar-refractivity contribution in [2.24, 2.45) is 5.73 Å². The van der Waals surface area contributed by atoms with Crippen LogP contribution in [0.3, 0.4) is 0 Å². The molecule has 11 heteroatoms. The van der Waals surface area contributed by atoms with Crippen molar-refractivity contribution in [1.29, 1.82) is 0 Å². The zero-order valence-corrected chi connectivity index (χ0v) is 21.9. The molecule has 3 aromatic carbocycles. The Morgan fingerprint density at radius 2 is 1.79 bits per heavy atom. The minimum atomic E-state index is -3.55. The van der Waals surface area contributed by atoms with Crippen molar-refractivity contribution in [2.45, 2.75) is 19.1 Å². The van der Waals surface area contributed by atoms with E-state index >= 15 is 0 Å². The van der Waals surface area contributed by atoms with Gasteiger partial charge in [-0.05, 0) is 66.1 Å². The molecule has 0 radical (unpaired) electrons. The average molecular weight is 544 g/mol. The molecule has 0 saturated heterocycles. The molecule has 3 rings (SSSR count). The Morgan fingerprint density at radius 3 is 2.50 bits per heavy atom. The van der Waals surface area contributed by atoms with Crippen LogP contribution in [0.2, 0.25) is 0 Å². The third-order valence-corrected chi connectivity index (χ3v) is 6.12. The monoisotopic (exact) mass is 543 g/mol. The van der Waals surface area contributed by atoms with Crippen molar-refractivity contribution in [3.05, 3.63) is 89.0 Å². The zero-order chi connectivity index (χ0) is 27.5. The SMILES string of the molecule is CS(=O)(=O)Nc1cc([C@H](O)CNCCc2ccc(OCCOCc3cccc(C(N)=O)c3)cc2)ccc1O. The van der Waals surface area contributed by atoms with Crippen molar-refractivity contribution in [2.75, 3.05) is 37.3 Å². The maximum Gasteiger partial charge on any atom is 0.248 e. The number of benzene rings is 3. The predicted octanol–water partition coefficient (Wildman–Crippen LogP) is 2.32. The van der Waals surface area contributed by atoms with E-state index in [9.17, 15) is 23.4 Å². The number of phenolic OH excluding ortho intramolecular Hbond substituents is 1. The number of hydrogen-bond acceptors (Lipinski definition) is 8. The van der Waals surface area contributed by atoms with Gasteiger partial charge in [-0.1, -0.05) is 30.3 Å². The van der Waals surface area contributed by atoms with E-state index in [4.69, 9.17) is 15.2 Å². The van der Waals surface area contributed by atoms with Crippen LogP contribution in [0.15, 0.2) is 66.7 Å². The summed E-state index contributed by atoms with van der Waals surface area (Å²) in [6.07, 6.45) is 0.846. The number of amides is 1. The van der Waals surface area contributed by atoms with E-state index in [1.165, 1.54) is 12.1 Å². The first-order chi connectivity index (χ1) is 18.1. The third kappa shape index (κ3) is 9.67. The van der Waals surface area contributed by atoms with Gasteiger partial charge >= 0.3 is 0 Å². The quantitative estimate of drug-likeness (QED) is 0.144. The van der Waals surface area contributed by atoms with Gasteiger partial charge in [0.1, 0.15) is 18.1 Å². The molecule has 0 fully saturated rings. The lowest BCUT2D eigenvalue weighted by Gasteiger charge is -2.15. The Balaban J connectivity index is 1.34. The van der Waals surface area contributed by atoms with Gasteiger partial charge < -0.3 is 30.7 Å². The molecule has 0 aromatic heterocycles. The van der Waals surface area contributed by atoms with Crippen LogP contribution in [0, 0.1) is 0 Å². The highest BCUT2D eigenvalue weighted by Gasteiger charge is 2.13. The van der Waals surface area contributed by atoms with E-state index in [2.05, 4.69) is 10.0 Å². The first-order valence-electron chi connectivity index (χ1n) is 12.0. The molecule has 0 heterocycles. The topological polar surface area (TPSA) is 160 Å². The van der Waals surface area contributed by atoms with Gasteiger partial charge in [-0.25, -0.2) is 8.42 Å². The van der Waals surface area contributed by atoms with Gasteiger partial charge in [0.2, 0.25) is 15.9 Å². The highest BCUT2D eigenvalue weighted by Crippen LogP contribution is 2.27. The van der Waals surface area contributed by atoms with Gasteiger partial charge in [-0.2, -0.15) is 0 Å². The van der Waals surface area contributed by atoms with E-state index < -0.39 is 22.0 Å². The number of aliphatic hydroxyl groups excluding tert-OH is 1. The van der Waals surface area contributed by atoms with Gasteiger partial charge in [-0.15, -0.1) is 0 Å². The van der Waals surface area contributed by atoms with Gasteiger partial charge in [0.25, 0.3) is 0 Å². The fourth-order valence-corrected chi connectivity index (χ4v) is 4.17. The third-order valence-electron chi connectivity index (χ3n) is 5.53.